The average Bonchev–Trinajstić information content (AvgIpc) is 3.30. The van der Waals surface area contributed by atoms with Gasteiger partial charge in [0.25, 0.3) is 5.91 Å². The van der Waals surface area contributed by atoms with Crippen LogP contribution >= 0.6 is 0 Å². The van der Waals surface area contributed by atoms with Crippen LogP contribution in [0.25, 0.3) is 22.6 Å². The molecular formula is C21H20FN3O3. The van der Waals surface area contributed by atoms with Gasteiger partial charge in [-0.05, 0) is 49.2 Å². The molecule has 2 amide bonds. The van der Waals surface area contributed by atoms with Crippen LogP contribution in [0.1, 0.15) is 29.6 Å². The Morgan fingerprint density at radius 2 is 2.14 bits per heavy atom. The summed E-state index contributed by atoms with van der Waals surface area (Å²) in [5, 5.41) is 2.86. The molecule has 6 nitrogen and oxygen atoms in total. The molecule has 144 valence electrons. The number of aromatic nitrogens is 1. The standard InChI is InChI=1S/C21H20FN3O3/c22-16-5-1-4-15(12-16)21-24-17-13-14(7-8-18(17)28-21)20(27)23-9-3-11-25-10-2-6-19(25)26/h1,4-5,7-8,12-13H,2-3,6,9-11H2,(H,23,27). The highest BCUT2D eigenvalue weighted by molar-refractivity contribution is 5.97. The fraction of sp³-hybridized carbons (Fsp3) is 0.286. The zero-order valence-corrected chi connectivity index (χ0v) is 15.3. The van der Waals surface area contributed by atoms with Crippen LogP contribution in [0.3, 0.4) is 0 Å². The summed E-state index contributed by atoms with van der Waals surface area (Å²) >= 11 is 0. The lowest BCUT2D eigenvalue weighted by molar-refractivity contribution is -0.127. The van der Waals surface area contributed by atoms with E-state index in [4.69, 9.17) is 4.42 Å². The molecule has 3 aromatic rings. The number of likely N-dealkylation sites (tertiary alicyclic amines) is 1. The van der Waals surface area contributed by atoms with Gasteiger partial charge in [0.1, 0.15) is 11.3 Å². The van der Waals surface area contributed by atoms with Gasteiger partial charge < -0.3 is 14.6 Å². The molecule has 0 spiro atoms. The molecule has 4 rings (SSSR count). The highest BCUT2D eigenvalue weighted by atomic mass is 19.1. The molecule has 0 atom stereocenters. The molecule has 1 N–H and O–H groups in total. The number of hydrogen-bond acceptors (Lipinski definition) is 4. The van der Waals surface area contributed by atoms with Crippen molar-refractivity contribution in [3.8, 4) is 11.5 Å². The molecule has 0 unspecified atom stereocenters. The van der Waals surface area contributed by atoms with Crippen LogP contribution in [0.2, 0.25) is 0 Å². The van der Waals surface area contributed by atoms with Crippen molar-refractivity contribution in [3.63, 3.8) is 0 Å². The smallest absolute Gasteiger partial charge is 0.251 e. The summed E-state index contributed by atoms with van der Waals surface area (Å²) in [4.78, 5) is 30.1. The minimum atomic E-state index is -0.365. The predicted octanol–water partition coefficient (Wildman–Crippen LogP) is 3.38. The summed E-state index contributed by atoms with van der Waals surface area (Å²) in [5.74, 6) is -0.0698. The number of oxazole rings is 1. The Morgan fingerprint density at radius 3 is 2.93 bits per heavy atom. The van der Waals surface area contributed by atoms with Gasteiger partial charge in [0.15, 0.2) is 5.58 Å². The van der Waals surface area contributed by atoms with Crippen molar-refractivity contribution >= 4 is 22.9 Å². The van der Waals surface area contributed by atoms with Crippen LogP contribution in [-0.2, 0) is 4.79 Å². The molecule has 1 aliphatic rings. The SMILES string of the molecule is O=C(NCCCN1CCCC1=O)c1ccc2oc(-c3cccc(F)c3)nc2c1. The maximum atomic E-state index is 13.4. The molecule has 28 heavy (non-hydrogen) atoms. The van der Waals surface area contributed by atoms with E-state index in [1.54, 1.807) is 30.3 Å². The van der Waals surface area contributed by atoms with Crippen LogP contribution in [0.5, 0.6) is 0 Å². The number of fused-ring (bicyclic) bond motifs is 1. The van der Waals surface area contributed by atoms with E-state index < -0.39 is 0 Å². The van der Waals surface area contributed by atoms with E-state index in [1.165, 1.54) is 12.1 Å². The normalized spacial score (nSPS) is 14.0. The highest BCUT2D eigenvalue weighted by Crippen LogP contribution is 2.25. The van der Waals surface area contributed by atoms with Gasteiger partial charge in [-0.2, -0.15) is 0 Å². The third kappa shape index (κ3) is 3.88. The first-order chi connectivity index (χ1) is 13.6. The first-order valence-electron chi connectivity index (χ1n) is 9.33. The number of rotatable bonds is 6. The highest BCUT2D eigenvalue weighted by Gasteiger charge is 2.19. The van der Waals surface area contributed by atoms with Crippen molar-refractivity contribution in [1.82, 2.24) is 15.2 Å². The minimum absolute atomic E-state index is 0.192. The molecule has 1 saturated heterocycles. The number of hydrogen-bond donors (Lipinski definition) is 1. The fourth-order valence-corrected chi connectivity index (χ4v) is 3.33. The van der Waals surface area contributed by atoms with E-state index in [9.17, 15) is 14.0 Å². The van der Waals surface area contributed by atoms with Gasteiger partial charge in [-0.1, -0.05) is 6.07 Å². The van der Waals surface area contributed by atoms with E-state index >= 15 is 0 Å². The van der Waals surface area contributed by atoms with Crippen molar-refractivity contribution in [2.75, 3.05) is 19.6 Å². The number of nitrogens with zero attached hydrogens (tertiary/aromatic N) is 2. The number of carbonyl (C=O) groups is 2. The van der Waals surface area contributed by atoms with E-state index in [0.29, 0.717) is 54.0 Å². The first-order valence-corrected chi connectivity index (χ1v) is 9.33. The van der Waals surface area contributed by atoms with Crippen molar-refractivity contribution < 1.29 is 18.4 Å². The van der Waals surface area contributed by atoms with Crippen molar-refractivity contribution in [2.24, 2.45) is 0 Å². The lowest BCUT2D eigenvalue weighted by atomic mass is 10.2. The van der Waals surface area contributed by atoms with Crippen molar-refractivity contribution in [2.45, 2.75) is 19.3 Å². The summed E-state index contributed by atoms with van der Waals surface area (Å²) in [5.41, 5.74) is 2.08. The van der Waals surface area contributed by atoms with Gasteiger partial charge in [0, 0.05) is 37.2 Å². The first kappa shape index (κ1) is 18.2. The molecule has 2 heterocycles. The fourth-order valence-electron chi connectivity index (χ4n) is 3.33. The number of benzene rings is 2. The van der Waals surface area contributed by atoms with Gasteiger partial charge in [-0.15, -0.1) is 0 Å². The second-order valence-electron chi connectivity index (χ2n) is 6.81. The Labute approximate surface area is 161 Å². The number of halogens is 1. The Bertz CT molecular complexity index is 1030. The van der Waals surface area contributed by atoms with Crippen LogP contribution < -0.4 is 5.32 Å². The molecule has 0 bridgehead atoms. The number of carbonyl (C=O) groups excluding carboxylic acids is 2. The van der Waals surface area contributed by atoms with Crippen LogP contribution in [-0.4, -0.2) is 41.3 Å². The van der Waals surface area contributed by atoms with Gasteiger partial charge in [0.05, 0.1) is 0 Å². The number of nitrogens with one attached hydrogen (secondary N) is 1. The zero-order chi connectivity index (χ0) is 19.5. The molecule has 1 fully saturated rings. The second-order valence-corrected chi connectivity index (χ2v) is 6.81. The molecule has 2 aromatic carbocycles. The minimum Gasteiger partial charge on any atom is -0.436 e. The topological polar surface area (TPSA) is 75.4 Å². The molecule has 0 radical (unpaired) electrons. The maximum absolute atomic E-state index is 13.4. The van der Waals surface area contributed by atoms with Gasteiger partial charge >= 0.3 is 0 Å². The molecule has 1 aliphatic heterocycles. The summed E-state index contributed by atoms with van der Waals surface area (Å²) in [7, 11) is 0. The molecule has 0 saturated carbocycles. The Hall–Kier alpha value is -3.22. The van der Waals surface area contributed by atoms with Crippen molar-refractivity contribution in [3.05, 3.63) is 53.8 Å². The summed E-state index contributed by atoms with van der Waals surface area (Å²) < 4.78 is 19.1. The van der Waals surface area contributed by atoms with Crippen LogP contribution in [0.15, 0.2) is 46.9 Å². The molecule has 7 heteroatoms. The Morgan fingerprint density at radius 1 is 1.25 bits per heavy atom. The van der Waals surface area contributed by atoms with Crippen molar-refractivity contribution in [1.29, 1.82) is 0 Å². The van der Waals surface area contributed by atoms with Gasteiger partial charge in [-0.3, -0.25) is 9.59 Å². The van der Waals surface area contributed by atoms with Crippen LogP contribution in [0.4, 0.5) is 4.39 Å². The largest absolute Gasteiger partial charge is 0.436 e. The Balaban J connectivity index is 1.39. The average molecular weight is 381 g/mol. The van der Waals surface area contributed by atoms with E-state index in [1.807, 2.05) is 4.90 Å². The van der Waals surface area contributed by atoms with E-state index in [2.05, 4.69) is 10.3 Å². The monoisotopic (exact) mass is 381 g/mol. The maximum Gasteiger partial charge on any atom is 0.251 e. The van der Waals surface area contributed by atoms with Gasteiger partial charge in [-0.25, -0.2) is 9.37 Å². The summed E-state index contributed by atoms with van der Waals surface area (Å²) in [6.45, 7) is 1.97. The van der Waals surface area contributed by atoms with Crippen LogP contribution in [0, 0.1) is 5.82 Å². The summed E-state index contributed by atoms with van der Waals surface area (Å²) in [6, 6.07) is 11.0. The third-order valence-corrected chi connectivity index (χ3v) is 4.78. The Kier molecular flexibility index (Phi) is 5.06. The lowest BCUT2D eigenvalue weighted by Gasteiger charge is -2.15. The third-order valence-electron chi connectivity index (χ3n) is 4.78. The van der Waals surface area contributed by atoms with Gasteiger partial charge in [0.2, 0.25) is 11.8 Å². The molecule has 1 aromatic heterocycles. The molecule has 0 aliphatic carbocycles. The zero-order valence-electron chi connectivity index (χ0n) is 15.3. The quantitative estimate of drug-likeness (QED) is 0.664. The second kappa shape index (κ2) is 7.80. The summed E-state index contributed by atoms with van der Waals surface area (Å²) in [6.07, 6.45) is 2.26. The van der Waals surface area contributed by atoms with E-state index in [0.717, 1.165) is 13.0 Å². The molecular weight excluding hydrogens is 361 g/mol. The van der Waals surface area contributed by atoms with E-state index in [-0.39, 0.29) is 17.6 Å². The number of amides is 2. The predicted molar refractivity (Wildman–Crippen MR) is 102 cm³/mol. The lowest BCUT2D eigenvalue weighted by Crippen LogP contribution is -2.30.